The van der Waals surface area contributed by atoms with Crippen LogP contribution < -0.4 is 5.32 Å². The molecule has 1 nitrogen and oxygen atoms in total. The summed E-state index contributed by atoms with van der Waals surface area (Å²) in [5, 5.41) is 3.45. The molecule has 4 heteroatoms. The van der Waals surface area contributed by atoms with Crippen molar-refractivity contribution in [3.63, 3.8) is 0 Å². The topological polar surface area (TPSA) is 12.0 Å². The Kier molecular flexibility index (Phi) is 5.08. The molecule has 1 N–H and O–H groups in total. The molecule has 0 aliphatic heterocycles. The van der Waals surface area contributed by atoms with E-state index >= 15 is 0 Å². The van der Waals surface area contributed by atoms with Crippen molar-refractivity contribution in [1.82, 2.24) is 5.32 Å². The summed E-state index contributed by atoms with van der Waals surface area (Å²) in [6, 6.07) is 5.86. The molecule has 0 radical (unpaired) electrons. The zero-order chi connectivity index (χ0) is 14.6. The highest BCUT2D eigenvalue weighted by Gasteiger charge is 2.29. The Balaban J connectivity index is 1.84. The first kappa shape index (κ1) is 15.4. The summed E-state index contributed by atoms with van der Waals surface area (Å²) in [6.07, 6.45) is 2.22. The lowest BCUT2D eigenvalue weighted by Crippen LogP contribution is -2.34. The third-order valence-electron chi connectivity index (χ3n) is 4.27. The van der Waals surface area contributed by atoms with Gasteiger partial charge in [-0.1, -0.05) is 31.4 Å². The molecule has 1 saturated carbocycles. The minimum atomic E-state index is -4.25. The second-order valence-electron chi connectivity index (χ2n) is 5.76. The van der Waals surface area contributed by atoms with E-state index in [0.717, 1.165) is 17.7 Å². The molecular weight excluding hydrogens is 263 g/mol. The Hall–Kier alpha value is -1.03. The fourth-order valence-corrected chi connectivity index (χ4v) is 2.89. The predicted octanol–water partition coefficient (Wildman–Crippen LogP) is 4.76. The molecule has 0 amide bonds. The van der Waals surface area contributed by atoms with Gasteiger partial charge in [0, 0.05) is 12.6 Å². The van der Waals surface area contributed by atoms with Gasteiger partial charge in [-0.15, -0.1) is 0 Å². The van der Waals surface area contributed by atoms with Crippen molar-refractivity contribution in [2.45, 2.75) is 57.8 Å². The molecule has 0 unspecified atom stereocenters. The fraction of sp³-hybridized carbons (Fsp3) is 0.625. The molecule has 20 heavy (non-hydrogen) atoms. The maximum atomic E-state index is 12.5. The standard InChI is InChI=1S/C16H22F3N/c1-12(14-5-3-2-4-6-14)20-11-13-7-9-15(10-8-13)16(17,18)19/h7-10,12,14,20H,2-6,11H2,1H3/t12-/m1/s1. The van der Waals surface area contributed by atoms with E-state index in [0.29, 0.717) is 18.5 Å². The number of hydrogen-bond acceptors (Lipinski definition) is 1. The van der Waals surface area contributed by atoms with E-state index in [1.807, 2.05) is 0 Å². The van der Waals surface area contributed by atoms with Gasteiger partial charge in [-0.05, 0) is 43.4 Å². The van der Waals surface area contributed by atoms with E-state index in [4.69, 9.17) is 0 Å². The normalized spacial score (nSPS) is 19.0. The molecule has 0 aromatic heterocycles. The van der Waals surface area contributed by atoms with Crippen molar-refractivity contribution in [3.05, 3.63) is 35.4 Å². The van der Waals surface area contributed by atoms with Crippen LogP contribution in [0, 0.1) is 5.92 Å². The van der Waals surface area contributed by atoms with Gasteiger partial charge >= 0.3 is 6.18 Å². The van der Waals surface area contributed by atoms with Crippen LogP contribution in [0.5, 0.6) is 0 Å². The molecule has 112 valence electrons. The van der Waals surface area contributed by atoms with Crippen LogP contribution in [0.3, 0.4) is 0 Å². The van der Waals surface area contributed by atoms with Crippen molar-refractivity contribution in [3.8, 4) is 0 Å². The molecule has 1 atom stereocenters. The van der Waals surface area contributed by atoms with Crippen LogP contribution in [0.2, 0.25) is 0 Å². The third-order valence-corrected chi connectivity index (χ3v) is 4.27. The Morgan fingerprint density at radius 3 is 2.25 bits per heavy atom. The van der Waals surface area contributed by atoms with Gasteiger partial charge < -0.3 is 5.32 Å². The van der Waals surface area contributed by atoms with E-state index in [9.17, 15) is 13.2 Å². The Labute approximate surface area is 118 Å². The molecule has 1 aromatic carbocycles. The number of hydrogen-bond donors (Lipinski definition) is 1. The minimum absolute atomic E-state index is 0.428. The van der Waals surface area contributed by atoms with Crippen molar-refractivity contribution < 1.29 is 13.2 Å². The molecule has 1 aliphatic rings. The number of benzene rings is 1. The zero-order valence-corrected chi connectivity index (χ0v) is 11.8. The van der Waals surface area contributed by atoms with E-state index in [-0.39, 0.29) is 0 Å². The Morgan fingerprint density at radius 1 is 1.10 bits per heavy atom. The van der Waals surface area contributed by atoms with Gasteiger partial charge in [0.1, 0.15) is 0 Å². The second-order valence-corrected chi connectivity index (χ2v) is 5.76. The lowest BCUT2D eigenvalue weighted by Gasteiger charge is -2.28. The molecule has 1 aromatic rings. The Bertz CT molecular complexity index is 405. The fourth-order valence-electron chi connectivity index (χ4n) is 2.89. The van der Waals surface area contributed by atoms with Gasteiger partial charge in [0.2, 0.25) is 0 Å². The first-order valence-corrected chi connectivity index (χ1v) is 7.36. The van der Waals surface area contributed by atoms with Crippen molar-refractivity contribution in [1.29, 1.82) is 0 Å². The number of alkyl halides is 3. The SMILES string of the molecule is C[C@@H](NCc1ccc(C(F)(F)F)cc1)C1CCCCC1. The van der Waals surface area contributed by atoms with Crippen molar-refractivity contribution in [2.75, 3.05) is 0 Å². The molecular formula is C16H22F3N. The lowest BCUT2D eigenvalue weighted by atomic mass is 9.84. The number of nitrogens with one attached hydrogen (secondary N) is 1. The second kappa shape index (κ2) is 6.61. The molecule has 1 fully saturated rings. The van der Waals surface area contributed by atoms with E-state index in [2.05, 4.69) is 12.2 Å². The highest BCUT2D eigenvalue weighted by molar-refractivity contribution is 5.24. The van der Waals surface area contributed by atoms with Crippen LogP contribution in [0.1, 0.15) is 50.2 Å². The Morgan fingerprint density at radius 2 is 1.70 bits per heavy atom. The summed E-state index contributed by atoms with van der Waals surface area (Å²) in [6.45, 7) is 2.82. The summed E-state index contributed by atoms with van der Waals surface area (Å²) in [5.41, 5.74) is 0.322. The average Bonchev–Trinajstić information content (AvgIpc) is 2.45. The largest absolute Gasteiger partial charge is 0.416 e. The van der Waals surface area contributed by atoms with E-state index < -0.39 is 11.7 Å². The summed E-state index contributed by atoms with van der Waals surface area (Å²) in [5.74, 6) is 0.707. The van der Waals surface area contributed by atoms with Crippen molar-refractivity contribution in [2.24, 2.45) is 5.92 Å². The van der Waals surface area contributed by atoms with Crippen LogP contribution in [0.15, 0.2) is 24.3 Å². The molecule has 0 bridgehead atoms. The van der Waals surface area contributed by atoms with Gasteiger partial charge in [-0.3, -0.25) is 0 Å². The van der Waals surface area contributed by atoms with Gasteiger partial charge in [0.25, 0.3) is 0 Å². The first-order chi connectivity index (χ1) is 9.47. The van der Waals surface area contributed by atoms with Gasteiger partial charge in [0.15, 0.2) is 0 Å². The molecule has 0 heterocycles. The molecule has 2 rings (SSSR count). The third kappa shape index (κ3) is 4.23. The maximum Gasteiger partial charge on any atom is 0.416 e. The smallest absolute Gasteiger partial charge is 0.310 e. The molecule has 0 spiro atoms. The van der Waals surface area contributed by atoms with Crippen LogP contribution >= 0.6 is 0 Å². The van der Waals surface area contributed by atoms with E-state index in [1.54, 1.807) is 12.1 Å². The summed E-state index contributed by atoms with van der Waals surface area (Å²) in [4.78, 5) is 0. The quantitative estimate of drug-likeness (QED) is 0.840. The van der Waals surface area contributed by atoms with Crippen LogP contribution in [-0.2, 0) is 12.7 Å². The maximum absolute atomic E-state index is 12.5. The first-order valence-electron chi connectivity index (χ1n) is 7.36. The highest BCUT2D eigenvalue weighted by atomic mass is 19.4. The highest BCUT2D eigenvalue weighted by Crippen LogP contribution is 2.29. The predicted molar refractivity (Wildman–Crippen MR) is 74.3 cm³/mol. The minimum Gasteiger partial charge on any atom is -0.310 e. The van der Waals surface area contributed by atoms with Crippen LogP contribution in [0.25, 0.3) is 0 Å². The van der Waals surface area contributed by atoms with Crippen LogP contribution in [0.4, 0.5) is 13.2 Å². The van der Waals surface area contributed by atoms with Crippen molar-refractivity contribution >= 4 is 0 Å². The lowest BCUT2D eigenvalue weighted by molar-refractivity contribution is -0.137. The van der Waals surface area contributed by atoms with Gasteiger partial charge in [0.05, 0.1) is 5.56 Å². The molecule has 1 aliphatic carbocycles. The number of rotatable bonds is 4. The monoisotopic (exact) mass is 285 g/mol. The van der Waals surface area contributed by atoms with E-state index in [1.165, 1.54) is 32.1 Å². The summed E-state index contributed by atoms with van der Waals surface area (Å²) < 4.78 is 37.4. The summed E-state index contributed by atoms with van der Waals surface area (Å²) in [7, 11) is 0. The average molecular weight is 285 g/mol. The van der Waals surface area contributed by atoms with Gasteiger partial charge in [-0.2, -0.15) is 13.2 Å². The van der Waals surface area contributed by atoms with Gasteiger partial charge in [-0.25, -0.2) is 0 Å². The zero-order valence-electron chi connectivity index (χ0n) is 11.8. The number of halogens is 3. The van der Waals surface area contributed by atoms with Crippen LogP contribution in [-0.4, -0.2) is 6.04 Å². The summed E-state index contributed by atoms with van der Waals surface area (Å²) >= 11 is 0. The molecule has 0 saturated heterocycles.